The molecule has 0 amide bonds. The lowest BCUT2D eigenvalue weighted by atomic mass is 10.2. The monoisotopic (exact) mass is 329 g/mol. The number of morpholine rings is 1. The number of ether oxygens (including phenoxy) is 1. The third-order valence-electron chi connectivity index (χ3n) is 3.48. The van der Waals surface area contributed by atoms with Crippen LogP contribution in [0, 0.1) is 11.3 Å². The van der Waals surface area contributed by atoms with Crippen molar-refractivity contribution in [3.05, 3.63) is 51.9 Å². The van der Waals surface area contributed by atoms with Crippen molar-refractivity contribution < 1.29 is 4.74 Å². The molecule has 0 radical (unpaired) electrons. The summed E-state index contributed by atoms with van der Waals surface area (Å²) in [4.78, 5) is 2.64. The second-order valence-corrected chi connectivity index (χ2v) is 6.13. The number of thioether (sulfide) groups is 1. The highest BCUT2D eigenvalue weighted by molar-refractivity contribution is 8.06. The summed E-state index contributed by atoms with van der Waals surface area (Å²) in [5.74, 6) is 0. The summed E-state index contributed by atoms with van der Waals surface area (Å²) in [6, 6.07) is 12.3. The number of benzene rings is 1. The van der Waals surface area contributed by atoms with Gasteiger partial charge in [0, 0.05) is 18.5 Å². The molecule has 0 saturated carbocycles. The number of thiocarbonyl (C=S) groups is 1. The summed E-state index contributed by atoms with van der Waals surface area (Å²) in [7, 11) is 0. The number of nitriles is 1. The fourth-order valence-corrected chi connectivity index (χ4v) is 3.55. The smallest absolute Gasteiger partial charge is 0.122 e. The Hall–Kier alpha value is -1.81. The highest BCUT2D eigenvalue weighted by Crippen LogP contribution is 2.32. The van der Waals surface area contributed by atoms with Crippen LogP contribution in [-0.2, 0) is 4.74 Å². The third kappa shape index (κ3) is 3.17. The van der Waals surface area contributed by atoms with Crippen molar-refractivity contribution in [2.45, 2.75) is 0 Å². The quantitative estimate of drug-likeness (QED) is 0.511. The minimum Gasteiger partial charge on any atom is -0.378 e. The molecule has 1 fully saturated rings. The SMILES string of the molecule is N#CC(C(=S)N1CCOCC1)=C1NC(c2ccccc2)=CS1. The predicted molar refractivity (Wildman–Crippen MR) is 92.8 cm³/mol. The van der Waals surface area contributed by atoms with Crippen LogP contribution in [0.15, 0.2) is 46.3 Å². The van der Waals surface area contributed by atoms with E-state index in [2.05, 4.69) is 11.4 Å². The van der Waals surface area contributed by atoms with Gasteiger partial charge in [-0.3, -0.25) is 0 Å². The summed E-state index contributed by atoms with van der Waals surface area (Å²) >= 11 is 7.01. The maximum Gasteiger partial charge on any atom is 0.122 e. The first-order valence-electron chi connectivity index (χ1n) is 7.00. The van der Waals surface area contributed by atoms with Crippen molar-refractivity contribution in [2.75, 3.05) is 26.3 Å². The summed E-state index contributed by atoms with van der Waals surface area (Å²) in [6.45, 7) is 2.78. The maximum absolute atomic E-state index is 9.51. The van der Waals surface area contributed by atoms with E-state index in [9.17, 15) is 5.26 Å². The van der Waals surface area contributed by atoms with Crippen LogP contribution < -0.4 is 5.32 Å². The van der Waals surface area contributed by atoms with E-state index in [1.807, 2.05) is 40.6 Å². The summed E-state index contributed by atoms with van der Waals surface area (Å²) < 4.78 is 5.33. The summed E-state index contributed by atoms with van der Waals surface area (Å²) in [5, 5.41) is 15.6. The van der Waals surface area contributed by atoms with Gasteiger partial charge in [0.1, 0.15) is 16.6 Å². The summed E-state index contributed by atoms with van der Waals surface area (Å²) in [6.07, 6.45) is 0. The Morgan fingerprint density at radius 1 is 1.27 bits per heavy atom. The molecule has 1 N–H and O–H groups in total. The zero-order chi connectivity index (χ0) is 15.4. The van der Waals surface area contributed by atoms with Crippen LogP contribution in [0.4, 0.5) is 0 Å². The van der Waals surface area contributed by atoms with E-state index in [1.54, 1.807) is 0 Å². The normalized spacial score (nSPS) is 20.0. The Balaban J connectivity index is 1.78. The molecule has 6 heteroatoms. The molecule has 1 aromatic carbocycles. The van der Waals surface area contributed by atoms with Crippen LogP contribution in [0.3, 0.4) is 0 Å². The highest BCUT2D eigenvalue weighted by atomic mass is 32.2. The van der Waals surface area contributed by atoms with Gasteiger partial charge in [0.15, 0.2) is 0 Å². The van der Waals surface area contributed by atoms with Crippen molar-refractivity contribution in [1.29, 1.82) is 5.26 Å². The Bertz CT molecular complexity index is 670. The molecule has 0 unspecified atom stereocenters. The average molecular weight is 329 g/mol. The van der Waals surface area contributed by atoms with Gasteiger partial charge in [-0.2, -0.15) is 5.26 Å². The molecule has 0 aliphatic carbocycles. The van der Waals surface area contributed by atoms with Crippen LogP contribution in [0.2, 0.25) is 0 Å². The molecular weight excluding hydrogens is 314 g/mol. The van der Waals surface area contributed by atoms with Crippen molar-refractivity contribution in [1.82, 2.24) is 10.2 Å². The van der Waals surface area contributed by atoms with Crippen molar-refractivity contribution in [2.24, 2.45) is 0 Å². The van der Waals surface area contributed by atoms with Crippen LogP contribution in [0.5, 0.6) is 0 Å². The summed E-state index contributed by atoms with van der Waals surface area (Å²) in [5.41, 5.74) is 2.63. The Morgan fingerprint density at radius 2 is 2.00 bits per heavy atom. The fourth-order valence-electron chi connectivity index (χ4n) is 2.30. The van der Waals surface area contributed by atoms with Gasteiger partial charge in [-0.25, -0.2) is 0 Å². The number of rotatable bonds is 2. The second kappa shape index (κ2) is 6.97. The fraction of sp³-hybridized carbons (Fsp3) is 0.250. The van der Waals surface area contributed by atoms with Crippen molar-refractivity contribution >= 4 is 34.7 Å². The molecule has 4 nitrogen and oxygen atoms in total. The lowest BCUT2D eigenvalue weighted by molar-refractivity contribution is 0.0693. The molecule has 0 atom stereocenters. The Labute approximate surface area is 139 Å². The second-order valence-electron chi connectivity index (χ2n) is 4.86. The molecule has 22 heavy (non-hydrogen) atoms. The van der Waals surface area contributed by atoms with Crippen molar-refractivity contribution in [3.63, 3.8) is 0 Å². The predicted octanol–water partition coefficient (Wildman–Crippen LogP) is 2.72. The third-order valence-corrected chi connectivity index (χ3v) is 4.84. The van der Waals surface area contributed by atoms with Crippen molar-refractivity contribution in [3.8, 4) is 6.07 Å². The van der Waals surface area contributed by atoms with Gasteiger partial charge in [-0.1, -0.05) is 54.3 Å². The van der Waals surface area contributed by atoms with E-state index in [-0.39, 0.29) is 0 Å². The minimum absolute atomic E-state index is 0.532. The van der Waals surface area contributed by atoms with E-state index in [1.165, 1.54) is 11.8 Å². The molecule has 2 aliphatic rings. The van der Waals surface area contributed by atoms with Gasteiger partial charge in [-0.15, -0.1) is 0 Å². The van der Waals surface area contributed by atoms with Gasteiger partial charge in [-0.05, 0) is 5.56 Å². The largest absolute Gasteiger partial charge is 0.378 e. The molecule has 1 aromatic rings. The molecule has 0 bridgehead atoms. The topological polar surface area (TPSA) is 48.3 Å². The first-order chi connectivity index (χ1) is 10.8. The Morgan fingerprint density at radius 3 is 2.68 bits per heavy atom. The van der Waals surface area contributed by atoms with E-state index in [0.29, 0.717) is 23.8 Å². The van der Waals surface area contributed by atoms with E-state index >= 15 is 0 Å². The molecule has 3 rings (SSSR count). The Kier molecular flexibility index (Phi) is 4.78. The zero-order valence-electron chi connectivity index (χ0n) is 11.9. The van der Waals surface area contributed by atoms with Gasteiger partial charge >= 0.3 is 0 Å². The maximum atomic E-state index is 9.51. The molecular formula is C16H15N3OS2. The molecule has 112 valence electrons. The molecule has 0 aromatic heterocycles. The first kappa shape index (κ1) is 15.1. The number of nitrogens with one attached hydrogen (secondary N) is 1. The van der Waals surface area contributed by atoms with E-state index in [0.717, 1.165) is 29.4 Å². The number of hydrogen-bond donors (Lipinski definition) is 1. The van der Waals surface area contributed by atoms with Crippen LogP contribution in [0.25, 0.3) is 5.70 Å². The first-order valence-corrected chi connectivity index (χ1v) is 8.29. The number of hydrogen-bond acceptors (Lipinski definition) is 5. The van der Waals surface area contributed by atoms with E-state index < -0.39 is 0 Å². The molecule has 2 heterocycles. The van der Waals surface area contributed by atoms with Crippen LogP contribution in [0.1, 0.15) is 5.56 Å². The molecule has 0 spiro atoms. The molecule has 1 saturated heterocycles. The zero-order valence-corrected chi connectivity index (χ0v) is 13.5. The lowest BCUT2D eigenvalue weighted by Gasteiger charge is -2.29. The standard InChI is InChI=1S/C16H15N3OS2/c17-10-13(16(21)19-6-8-20-9-7-19)15-18-14(11-22-15)12-4-2-1-3-5-12/h1-5,11,18H,6-9H2. The number of nitrogens with zero attached hydrogens (tertiary/aromatic N) is 2. The van der Waals surface area contributed by atoms with Gasteiger partial charge in [0.25, 0.3) is 0 Å². The minimum atomic E-state index is 0.532. The van der Waals surface area contributed by atoms with Gasteiger partial charge < -0.3 is 15.0 Å². The van der Waals surface area contributed by atoms with Gasteiger partial charge in [0.05, 0.1) is 23.9 Å². The molecule has 2 aliphatic heterocycles. The van der Waals surface area contributed by atoms with Gasteiger partial charge in [0.2, 0.25) is 0 Å². The lowest BCUT2D eigenvalue weighted by Crippen LogP contribution is -2.40. The van der Waals surface area contributed by atoms with Crippen LogP contribution in [-0.4, -0.2) is 36.2 Å². The van der Waals surface area contributed by atoms with Crippen LogP contribution >= 0.6 is 24.0 Å². The highest BCUT2D eigenvalue weighted by Gasteiger charge is 2.23. The van der Waals surface area contributed by atoms with E-state index in [4.69, 9.17) is 17.0 Å². The average Bonchev–Trinajstić information content (AvgIpc) is 3.07.